The zero-order valence-electron chi connectivity index (χ0n) is 19.9. The Labute approximate surface area is 207 Å². The normalized spacial score (nSPS) is 11.8. The molecule has 8 nitrogen and oxygen atoms in total. The van der Waals surface area contributed by atoms with Crippen LogP contribution in [0.3, 0.4) is 0 Å². The van der Waals surface area contributed by atoms with Crippen molar-refractivity contribution < 1.29 is 14.0 Å². The van der Waals surface area contributed by atoms with E-state index in [1.54, 1.807) is 54.5 Å². The van der Waals surface area contributed by atoms with Gasteiger partial charge >= 0.3 is 0 Å². The first kappa shape index (κ1) is 25.7. The van der Waals surface area contributed by atoms with Crippen LogP contribution in [0.1, 0.15) is 42.8 Å². The van der Waals surface area contributed by atoms with Crippen molar-refractivity contribution in [1.29, 1.82) is 0 Å². The molecule has 10 heteroatoms. The lowest BCUT2D eigenvalue weighted by molar-refractivity contribution is -0.111. The quantitative estimate of drug-likeness (QED) is 0.315. The number of carbonyl (C=O) groups excluding carboxylic acids is 2. The number of amides is 2. The van der Waals surface area contributed by atoms with Gasteiger partial charge in [-0.25, -0.2) is 9.97 Å². The summed E-state index contributed by atoms with van der Waals surface area (Å²) in [5.41, 5.74) is 1.01. The summed E-state index contributed by atoms with van der Waals surface area (Å²) < 4.78 is 6.76. The molecular formula is C24H29N5O3S2. The van der Waals surface area contributed by atoms with E-state index in [4.69, 9.17) is 4.42 Å². The number of anilines is 2. The molecule has 0 atom stereocenters. The topological polar surface area (TPSA) is 100 Å². The predicted molar refractivity (Wildman–Crippen MR) is 138 cm³/mol. The lowest BCUT2D eigenvalue weighted by Gasteiger charge is -2.12. The number of hydrogen-bond acceptors (Lipinski definition) is 8. The molecule has 3 aromatic rings. The standard InChI is InChI=1S/C24H29N5O3S2/c1-24(2,3)18-13-25-20(32-18)15-33-21-14-26-23(34-21)28-22(31)16-8-10-17(11-9-16)27-19(30)7-6-12-29(4)5/h6-11,13-14H,12,15H2,1-5H3,(H,27,30)(H,26,28,31). The first-order valence-corrected chi connectivity index (χ1v) is 12.5. The fourth-order valence-electron chi connectivity index (χ4n) is 2.67. The molecule has 0 aliphatic heterocycles. The molecule has 0 bridgehead atoms. The molecule has 2 aromatic heterocycles. The van der Waals surface area contributed by atoms with Crippen molar-refractivity contribution in [2.75, 3.05) is 31.3 Å². The maximum Gasteiger partial charge on any atom is 0.257 e. The van der Waals surface area contributed by atoms with Gasteiger partial charge in [-0.3, -0.25) is 14.9 Å². The van der Waals surface area contributed by atoms with Crippen molar-refractivity contribution in [1.82, 2.24) is 14.9 Å². The molecule has 0 aliphatic rings. The Morgan fingerprint density at radius 3 is 2.50 bits per heavy atom. The lowest BCUT2D eigenvalue weighted by atomic mass is 9.94. The third kappa shape index (κ3) is 7.82. The molecule has 0 saturated carbocycles. The highest BCUT2D eigenvalue weighted by Crippen LogP contribution is 2.32. The van der Waals surface area contributed by atoms with Crippen molar-refractivity contribution in [3.63, 3.8) is 0 Å². The van der Waals surface area contributed by atoms with Gasteiger partial charge in [-0.05, 0) is 38.4 Å². The van der Waals surface area contributed by atoms with Gasteiger partial charge in [0.1, 0.15) is 5.76 Å². The van der Waals surface area contributed by atoms with Crippen molar-refractivity contribution in [2.45, 2.75) is 36.1 Å². The molecule has 0 spiro atoms. The smallest absolute Gasteiger partial charge is 0.257 e. The number of thiazole rings is 1. The second-order valence-corrected chi connectivity index (χ2v) is 11.1. The van der Waals surface area contributed by atoms with Crippen molar-refractivity contribution in [3.8, 4) is 0 Å². The summed E-state index contributed by atoms with van der Waals surface area (Å²) in [4.78, 5) is 35.1. The number of nitrogens with one attached hydrogen (secondary N) is 2. The Kier molecular flexibility index (Phi) is 8.65. The molecule has 2 N–H and O–H groups in total. The zero-order chi connectivity index (χ0) is 24.7. The summed E-state index contributed by atoms with van der Waals surface area (Å²) in [6.07, 6.45) is 6.77. The van der Waals surface area contributed by atoms with E-state index in [1.165, 1.54) is 17.4 Å². The number of oxazole rings is 1. The number of rotatable bonds is 9. The highest BCUT2D eigenvalue weighted by atomic mass is 32.2. The first-order chi connectivity index (χ1) is 16.1. The van der Waals surface area contributed by atoms with E-state index in [9.17, 15) is 9.59 Å². The van der Waals surface area contributed by atoms with Crippen molar-refractivity contribution in [3.05, 3.63) is 66.0 Å². The summed E-state index contributed by atoms with van der Waals surface area (Å²) in [5, 5.41) is 6.10. The van der Waals surface area contributed by atoms with E-state index in [2.05, 4.69) is 41.4 Å². The van der Waals surface area contributed by atoms with Crippen molar-refractivity contribution >= 4 is 45.7 Å². The third-order valence-electron chi connectivity index (χ3n) is 4.49. The number of carbonyl (C=O) groups is 2. The summed E-state index contributed by atoms with van der Waals surface area (Å²) in [5.74, 6) is 1.62. The maximum atomic E-state index is 12.6. The van der Waals surface area contributed by atoms with Gasteiger partial charge in [-0.15, -0.1) is 11.8 Å². The van der Waals surface area contributed by atoms with Crippen LogP contribution >= 0.6 is 23.1 Å². The maximum absolute atomic E-state index is 12.6. The molecule has 0 unspecified atom stereocenters. The van der Waals surface area contributed by atoms with Gasteiger partial charge in [0.25, 0.3) is 5.91 Å². The van der Waals surface area contributed by atoms with Crippen LogP contribution in [0, 0.1) is 0 Å². The van der Waals surface area contributed by atoms with E-state index in [-0.39, 0.29) is 17.2 Å². The Bertz CT molecular complexity index is 1140. The minimum Gasteiger partial charge on any atom is -0.444 e. The SMILES string of the molecule is CN(C)CC=CC(=O)Nc1ccc(C(=O)Nc2ncc(SCc3ncc(C(C)(C)C)o3)s2)cc1. The Hall–Kier alpha value is -2.95. The van der Waals surface area contributed by atoms with Crippen LogP contribution in [-0.4, -0.2) is 47.3 Å². The molecule has 3 rings (SSSR count). The highest BCUT2D eigenvalue weighted by Gasteiger charge is 2.19. The van der Waals surface area contributed by atoms with Gasteiger partial charge in [0, 0.05) is 29.3 Å². The van der Waals surface area contributed by atoms with Gasteiger partial charge in [0.05, 0.1) is 22.4 Å². The van der Waals surface area contributed by atoms with Crippen LogP contribution < -0.4 is 10.6 Å². The average molecular weight is 500 g/mol. The molecule has 0 saturated heterocycles. The van der Waals surface area contributed by atoms with Gasteiger partial charge in [-0.2, -0.15) is 0 Å². The van der Waals surface area contributed by atoms with E-state index in [0.717, 1.165) is 9.97 Å². The minimum absolute atomic E-state index is 0.0787. The highest BCUT2D eigenvalue weighted by molar-refractivity contribution is 8.00. The largest absolute Gasteiger partial charge is 0.444 e. The van der Waals surface area contributed by atoms with Crippen LogP contribution in [-0.2, 0) is 16.0 Å². The molecule has 0 aliphatic carbocycles. The molecule has 0 fully saturated rings. The molecular weight excluding hydrogens is 470 g/mol. The fourth-order valence-corrected chi connectivity index (χ4v) is 4.39. The molecule has 0 radical (unpaired) electrons. The molecule has 180 valence electrons. The minimum atomic E-state index is -0.267. The van der Waals surface area contributed by atoms with Crippen LogP contribution in [0.25, 0.3) is 0 Å². The monoisotopic (exact) mass is 499 g/mol. The number of aromatic nitrogens is 2. The Balaban J connectivity index is 1.50. The van der Waals surface area contributed by atoms with Gasteiger partial charge < -0.3 is 14.6 Å². The Morgan fingerprint density at radius 1 is 1.12 bits per heavy atom. The van der Waals surface area contributed by atoms with E-state index < -0.39 is 0 Å². The molecule has 2 heterocycles. The number of thioether (sulfide) groups is 1. The van der Waals surface area contributed by atoms with E-state index >= 15 is 0 Å². The summed E-state index contributed by atoms with van der Waals surface area (Å²) in [6, 6.07) is 6.70. The number of likely N-dealkylation sites (N-methyl/N-ethyl adjacent to an activating group) is 1. The second kappa shape index (κ2) is 11.5. The van der Waals surface area contributed by atoms with Gasteiger partial charge in [0.15, 0.2) is 5.13 Å². The predicted octanol–water partition coefficient (Wildman–Crippen LogP) is 5.03. The van der Waals surface area contributed by atoms with E-state index in [1.807, 2.05) is 19.0 Å². The first-order valence-electron chi connectivity index (χ1n) is 10.7. The molecule has 34 heavy (non-hydrogen) atoms. The number of hydrogen-bond donors (Lipinski definition) is 2. The van der Waals surface area contributed by atoms with Crippen LogP contribution in [0.4, 0.5) is 10.8 Å². The summed E-state index contributed by atoms with van der Waals surface area (Å²) >= 11 is 2.95. The van der Waals surface area contributed by atoms with Crippen molar-refractivity contribution in [2.24, 2.45) is 0 Å². The van der Waals surface area contributed by atoms with Gasteiger partial charge in [0.2, 0.25) is 11.8 Å². The third-order valence-corrected chi connectivity index (χ3v) is 6.58. The summed E-state index contributed by atoms with van der Waals surface area (Å²) in [6.45, 7) is 6.92. The summed E-state index contributed by atoms with van der Waals surface area (Å²) in [7, 11) is 3.86. The van der Waals surface area contributed by atoms with Crippen LogP contribution in [0.5, 0.6) is 0 Å². The van der Waals surface area contributed by atoms with Gasteiger partial charge in [-0.1, -0.05) is 38.2 Å². The van der Waals surface area contributed by atoms with E-state index in [0.29, 0.717) is 34.6 Å². The Morgan fingerprint density at radius 2 is 1.85 bits per heavy atom. The van der Waals surface area contributed by atoms with Crippen LogP contribution in [0.15, 0.2) is 57.4 Å². The number of benzene rings is 1. The molecule has 1 aromatic carbocycles. The molecule has 2 amide bonds. The number of nitrogens with zero attached hydrogens (tertiary/aromatic N) is 3. The zero-order valence-corrected chi connectivity index (χ0v) is 21.5. The lowest BCUT2D eigenvalue weighted by Crippen LogP contribution is -2.13. The van der Waals surface area contributed by atoms with Crippen LogP contribution in [0.2, 0.25) is 0 Å². The fraction of sp³-hybridized carbons (Fsp3) is 0.333. The second-order valence-electron chi connectivity index (χ2n) is 8.83. The average Bonchev–Trinajstić information content (AvgIpc) is 3.42.